The van der Waals surface area contributed by atoms with Crippen molar-refractivity contribution in [2.24, 2.45) is 5.10 Å². The third kappa shape index (κ3) is 5.51. The van der Waals surface area contributed by atoms with Crippen molar-refractivity contribution in [3.8, 4) is 11.5 Å². The van der Waals surface area contributed by atoms with Crippen molar-refractivity contribution in [1.29, 1.82) is 0 Å². The van der Waals surface area contributed by atoms with Crippen molar-refractivity contribution in [2.45, 2.75) is 13.5 Å². The number of ether oxygens (including phenoxy) is 2. The average Bonchev–Trinajstić information content (AvgIpc) is 2.84. The van der Waals surface area contributed by atoms with E-state index in [1.54, 1.807) is 30.5 Å². The van der Waals surface area contributed by atoms with Gasteiger partial charge >= 0.3 is 0 Å². The number of carbonyl (C=O) groups excluding carboxylic acids is 1. The minimum absolute atomic E-state index is 0.364. The van der Waals surface area contributed by atoms with E-state index in [0.29, 0.717) is 35.3 Å². The SMILES string of the molecule is CCOc1cc(/C=N\NC(=O)c2ccccc2Cl)ccc1OCc1cccc2ccccc12. The van der Waals surface area contributed by atoms with Crippen LogP contribution in [0, 0.1) is 0 Å². The molecule has 4 rings (SSSR count). The monoisotopic (exact) mass is 458 g/mol. The van der Waals surface area contributed by atoms with Crippen molar-refractivity contribution < 1.29 is 14.3 Å². The molecule has 0 bridgehead atoms. The first kappa shape index (κ1) is 22.4. The van der Waals surface area contributed by atoms with Crippen LogP contribution in [0.15, 0.2) is 90.0 Å². The van der Waals surface area contributed by atoms with E-state index >= 15 is 0 Å². The van der Waals surface area contributed by atoms with Crippen LogP contribution in [0.2, 0.25) is 5.02 Å². The molecule has 0 saturated carbocycles. The highest BCUT2D eigenvalue weighted by Gasteiger charge is 2.10. The Morgan fingerprint density at radius 1 is 0.939 bits per heavy atom. The van der Waals surface area contributed by atoms with E-state index in [-0.39, 0.29) is 5.91 Å². The maximum atomic E-state index is 12.2. The van der Waals surface area contributed by atoms with Gasteiger partial charge in [0.15, 0.2) is 11.5 Å². The second kappa shape index (κ2) is 10.7. The van der Waals surface area contributed by atoms with Gasteiger partial charge in [-0.2, -0.15) is 5.10 Å². The van der Waals surface area contributed by atoms with Crippen LogP contribution in [0.5, 0.6) is 11.5 Å². The Balaban J connectivity index is 1.46. The molecule has 4 aromatic carbocycles. The Morgan fingerprint density at radius 3 is 2.58 bits per heavy atom. The molecule has 33 heavy (non-hydrogen) atoms. The number of nitrogens with zero attached hydrogens (tertiary/aromatic N) is 1. The van der Waals surface area contributed by atoms with Crippen LogP contribution < -0.4 is 14.9 Å². The number of rotatable bonds is 8. The Labute approximate surface area is 197 Å². The fourth-order valence-corrected chi connectivity index (χ4v) is 3.66. The van der Waals surface area contributed by atoms with Gasteiger partial charge in [0.25, 0.3) is 5.91 Å². The highest BCUT2D eigenvalue weighted by atomic mass is 35.5. The number of nitrogens with one attached hydrogen (secondary N) is 1. The summed E-state index contributed by atoms with van der Waals surface area (Å²) in [5.41, 5.74) is 4.72. The van der Waals surface area contributed by atoms with Crippen LogP contribution in [0.25, 0.3) is 10.8 Å². The first-order chi connectivity index (χ1) is 16.2. The lowest BCUT2D eigenvalue weighted by Gasteiger charge is -2.13. The molecule has 0 spiro atoms. The largest absolute Gasteiger partial charge is 0.490 e. The molecule has 0 aliphatic rings. The van der Waals surface area contributed by atoms with Gasteiger partial charge in [-0.1, -0.05) is 66.2 Å². The van der Waals surface area contributed by atoms with Crippen LogP contribution in [-0.2, 0) is 6.61 Å². The van der Waals surface area contributed by atoms with E-state index in [9.17, 15) is 4.79 Å². The molecule has 0 heterocycles. The van der Waals surface area contributed by atoms with Gasteiger partial charge in [0.1, 0.15) is 6.61 Å². The van der Waals surface area contributed by atoms with Crippen LogP contribution in [0.4, 0.5) is 0 Å². The molecule has 6 heteroatoms. The van der Waals surface area contributed by atoms with Crippen LogP contribution in [-0.4, -0.2) is 18.7 Å². The number of carbonyl (C=O) groups is 1. The van der Waals surface area contributed by atoms with Crippen molar-refractivity contribution in [1.82, 2.24) is 5.43 Å². The molecule has 0 unspecified atom stereocenters. The Bertz CT molecular complexity index is 1300. The van der Waals surface area contributed by atoms with Gasteiger partial charge < -0.3 is 9.47 Å². The molecule has 0 aliphatic heterocycles. The number of amides is 1. The lowest BCUT2D eigenvalue weighted by atomic mass is 10.1. The minimum atomic E-state index is -0.378. The molecule has 1 N–H and O–H groups in total. The summed E-state index contributed by atoms with van der Waals surface area (Å²) < 4.78 is 11.9. The number of hydrogen-bond donors (Lipinski definition) is 1. The molecule has 0 saturated heterocycles. The molecule has 1 amide bonds. The predicted molar refractivity (Wildman–Crippen MR) is 132 cm³/mol. The van der Waals surface area contributed by atoms with Gasteiger partial charge in [-0.15, -0.1) is 0 Å². The number of halogens is 1. The Hall–Kier alpha value is -3.83. The molecular weight excluding hydrogens is 436 g/mol. The molecule has 0 atom stereocenters. The van der Waals surface area contributed by atoms with E-state index in [4.69, 9.17) is 21.1 Å². The van der Waals surface area contributed by atoms with Crippen LogP contribution in [0.3, 0.4) is 0 Å². The van der Waals surface area contributed by atoms with E-state index in [0.717, 1.165) is 16.5 Å². The number of fused-ring (bicyclic) bond motifs is 1. The summed E-state index contributed by atoms with van der Waals surface area (Å²) >= 11 is 6.05. The van der Waals surface area contributed by atoms with Gasteiger partial charge in [-0.25, -0.2) is 5.43 Å². The van der Waals surface area contributed by atoms with Gasteiger partial charge in [-0.3, -0.25) is 4.79 Å². The summed E-state index contributed by atoms with van der Waals surface area (Å²) in [7, 11) is 0. The average molecular weight is 459 g/mol. The first-order valence-corrected chi connectivity index (χ1v) is 11.0. The van der Waals surface area contributed by atoms with Gasteiger partial charge in [0.2, 0.25) is 0 Å². The first-order valence-electron chi connectivity index (χ1n) is 10.6. The number of hydrazone groups is 1. The quantitative estimate of drug-likeness (QED) is 0.251. The smallest absolute Gasteiger partial charge is 0.272 e. The molecule has 4 aromatic rings. The van der Waals surface area contributed by atoms with Gasteiger partial charge in [0.05, 0.1) is 23.4 Å². The molecule has 5 nitrogen and oxygen atoms in total. The maximum absolute atomic E-state index is 12.2. The Morgan fingerprint density at radius 2 is 1.73 bits per heavy atom. The highest BCUT2D eigenvalue weighted by Crippen LogP contribution is 2.30. The fourth-order valence-electron chi connectivity index (χ4n) is 3.44. The summed E-state index contributed by atoms with van der Waals surface area (Å²) in [4.78, 5) is 12.2. The second-order valence-corrected chi connectivity index (χ2v) is 7.65. The summed E-state index contributed by atoms with van der Waals surface area (Å²) in [5, 5.41) is 6.75. The zero-order valence-electron chi connectivity index (χ0n) is 18.1. The molecule has 166 valence electrons. The van der Waals surface area contributed by atoms with E-state index in [1.165, 1.54) is 5.39 Å². The zero-order chi connectivity index (χ0) is 23.0. The van der Waals surface area contributed by atoms with Crippen molar-refractivity contribution in [3.05, 3.63) is 107 Å². The van der Waals surface area contributed by atoms with Crippen molar-refractivity contribution in [2.75, 3.05) is 6.61 Å². The predicted octanol–water partition coefficient (Wildman–Crippen LogP) is 6.23. The molecule has 0 radical (unpaired) electrons. The molecule has 0 aliphatic carbocycles. The highest BCUT2D eigenvalue weighted by molar-refractivity contribution is 6.33. The Kier molecular flexibility index (Phi) is 7.22. The lowest BCUT2D eigenvalue weighted by molar-refractivity contribution is 0.0955. The summed E-state index contributed by atoms with van der Waals surface area (Å²) in [6, 6.07) is 26.7. The fraction of sp³-hybridized carbons (Fsp3) is 0.111. The normalized spacial score (nSPS) is 11.0. The molecule has 0 fully saturated rings. The van der Waals surface area contributed by atoms with Crippen LogP contribution >= 0.6 is 11.6 Å². The topological polar surface area (TPSA) is 59.9 Å². The number of benzene rings is 4. The zero-order valence-corrected chi connectivity index (χ0v) is 18.9. The summed E-state index contributed by atoms with van der Waals surface area (Å²) in [6.07, 6.45) is 1.55. The second-order valence-electron chi connectivity index (χ2n) is 7.25. The minimum Gasteiger partial charge on any atom is -0.490 e. The van der Waals surface area contributed by atoms with Crippen LogP contribution in [0.1, 0.15) is 28.4 Å². The maximum Gasteiger partial charge on any atom is 0.272 e. The molecule has 0 aromatic heterocycles. The van der Waals surface area contributed by atoms with E-state index < -0.39 is 0 Å². The van der Waals surface area contributed by atoms with Crippen molar-refractivity contribution in [3.63, 3.8) is 0 Å². The third-order valence-electron chi connectivity index (χ3n) is 5.03. The lowest BCUT2D eigenvalue weighted by Crippen LogP contribution is -2.17. The third-order valence-corrected chi connectivity index (χ3v) is 5.36. The van der Waals surface area contributed by atoms with Gasteiger partial charge in [0, 0.05) is 0 Å². The van der Waals surface area contributed by atoms with E-state index in [1.807, 2.05) is 43.3 Å². The summed E-state index contributed by atoms with van der Waals surface area (Å²) in [5.74, 6) is 0.873. The number of hydrogen-bond acceptors (Lipinski definition) is 4. The standard InChI is InChI=1S/C27H23ClN2O3/c1-2-32-26-16-19(17-29-30-27(31)23-12-5-6-13-24(23)28)14-15-25(26)33-18-21-10-7-9-20-8-3-4-11-22(20)21/h3-17H,2,18H2,1H3,(H,30,31)/b29-17-. The summed E-state index contributed by atoms with van der Waals surface area (Å²) in [6.45, 7) is 2.83. The van der Waals surface area contributed by atoms with E-state index in [2.05, 4.69) is 34.8 Å². The van der Waals surface area contributed by atoms with Crippen molar-refractivity contribution >= 4 is 34.5 Å². The molecular formula is C27H23ClN2O3. The van der Waals surface area contributed by atoms with Gasteiger partial charge in [-0.05, 0) is 59.2 Å².